The Labute approximate surface area is 325 Å². The molecule has 0 rings (SSSR count). The summed E-state index contributed by atoms with van der Waals surface area (Å²) in [5.41, 5.74) is 5.73. The Bertz CT molecular complexity index is 1400. The number of aliphatic hydroxyl groups excluding tert-OH is 1. The van der Waals surface area contributed by atoms with Gasteiger partial charge in [-0.1, -0.05) is 41.5 Å². The van der Waals surface area contributed by atoms with Crippen LogP contribution in [0.25, 0.3) is 0 Å². The molecule has 56 heavy (non-hydrogen) atoms. The minimum Gasteiger partial charge on any atom is -0.481 e. The first-order chi connectivity index (χ1) is 25.9. The van der Waals surface area contributed by atoms with Crippen LogP contribution in [0.5, 0.6) is 0 Å². The molecule has 21 nitrogen and oxygen atoms in total. The fraction of sp³-hybridized carbons (Fsp3) is 0.714. The molecule has 0 saturated heterocycles. The highest BCUT2D eigenvalue weighted by Crippen LogP contribution is 2.12. The number of nitrogens with one attached hydrogen (secondary N) is 6. The number of hydrogen-bond acceptors (Lipinski definition) is 12. The summed E-state index contributed by atoms with van der Waals surface area (Å²) in [7, 11) is 0. The van der Waals surface area contributed by atoms with Crippen LogP contribution in [0, 0.1) is 17.8 Å². The number of aliphatic carboxylic acids is 3. The van der Waals surface area contributed by atoms with Gasteiger partial charge in [0.1, 0.15) is 36.5 Å². The lowest BCUT2D eigenvalue weighted by Crippen LogP contribution is -2.61. The number of carboxylic acids is 3. The van der Waals surface area contributed by atoms with Crippen molar-refractivity contribution in [2.75, 3.05) is 0 Å². The standard InChI is InChI=1S/C35H59N7O14/c1-16(2)10-22(31(52)37-20(15-43)13-27(47)48)38-34(55)25(14-28(49)50)40-32(53)23(11-17(3)4)39-33(54)24(12-18(5)6)41-35(56)29(19(7)44)42-30(51)21(36)8-9-26(45)46/h15-25,29,44H,8-14,36H2,1-7H3,(H,37,52)(H,38,55)(H,39,54)(H,40,53)(H,41,56)(H,42,51)(H,45,46)(H,47,48)(H,49,50)/t19-,20+,21+,22+,23+,24+,25+,29+/m1/s1. The number of amides is 6. The lowest BCUT2D eigenvalue weighted by Gasteiger charge is -2.29. The van der Waals surface area contributed by atoms with Crippen LogP contribution in [0.2, 0.25) is 0 Å². The molecule has 0 heterocycles. The van der Waals surface area contributed by atoms with Gasteiger partial charge in [0, 0.05) is 6.42 Å². The lowest BCUT2D eigenvalue weighted by molar-refractivity contribution is -0.142. The van der Waals surface area contributed by atoms with Crippen LogP contribution in [0.3, 0.4) is 0 Å². The SMILES string of the molecule is CC(C)C[C@H](NC(=O)[C@H](CC(=O)O)NC(=O)[C@H](CC(C)C)NC(=O)[C@H](CC(C)C)NC(=O)[C@@H](NC(=O)[C@@H](N)CCC(=O)O)[C@@H](C)O)C(=O)N[C@H](C=O)CC(=O)O. The van der Waals surface area contributed by atoms with Gasteiger partial charge in [-0.05, 0) is 50.4 Å². The largest absolute Gasteiger partial charge is 0.481 e. The van der Waals surface area contributed by atoms with Crippen molar-refractivity contribution >= 4 is 59.6 Å². The number of hydrogen-bond donors (Lipinski definition) is 11. The van der Waals surface area contributed by atoms with Crippen molar-refractivity contribution in [3.05, 3.63) is 0 Å². The van der Waals surface area contributed by atoms with Crippen LogP contribution in [0.15, 0.2) is 0 Å². The molecule has 6 amide bonds. The number of rotatable bonds is 27. The van der Waals surface area contributed by atoms with Crippen LogP contribution in [-0.4, -0.2) is 128 Å². The molecule has 0 radical (unpaired) electrons. The second-order valence-corrected chi connectivity index (χ2v) is 14.8. The maximum atomic E-state index is 13.7. The van der Waals surface area contributed by atoms with E-state index in [2.05, 4.69) is 31.9 Å². The molecular weight excluding hydrogens is 742 g/mol. The Kier molecular flexibility index (Phi) is 22.8. The molecule has 318 valence electrons. The first-order valence-corrected chi connectivity index (χ1v) is 18.2. The van der Waals surface area contributed by atoms with E-state index in [9.17, 15) is 58.2 Å². The van der Waals surface area contributed by atoms with Crippen molar-refractivity contribution in [3.8, 4) is 0 Å². The lowest BCUT2D eigenvalue weighted by atomic mass is 9.99. The number of nitrogens with two attached hydrogens (primary N) is 1. The third-order valence-corrected chi connectivity index (χ3v) is 7.99. The Morgan fingerprint density at radius 2 is 0.893 bits per heavy atom. The molecule has 0 aliphatic heterocycles. The highest BCUT2D eigenvalue weighted by atomic mass is 16.4. The fourth-order valence-electron chi connectivity index (χ4n) is 5.25. The van der Waals surface area contributed by atoms with E-state index >= 15 is 0 Å². The van der Waals surface area contributed by atoms with E-state index < -0.39 is 121 Å². The average Bonchev–Trinajstić information content (AvgIpc) is 3.06. The van der Waals surface area contributed by atoms with Gasteiger partial charge in [-0.2, -0.15) is 0 Å². The third kappa shape index (κ3) is 20.5. The zero-order chi connectivity index (χ0) is 43.4. The van der Waals surface area contributed by atoms with Gasteiger partial charge < -0.3 is 62.9 Å². The average molecular weight is 802 g/mol. The predicted octanol–water partition coefficient (Wildman–Crippen LogP) is -2.25. The zero-order valence-electron chi connectivity index (χ0n) is 32.8. The molecule has 0 unspecified atom stereocenters. The van der Waals surface area contributed by atoms with Gasteiger partial charge in [0.2, 0.25) is 35.4 Å². The maximum Gasteiger partial charge on any atom is 0.305 e. The maximum absolute atomic E-state index is 13.7. The van der Waals surface area contributed by atoms with Gasteiger partial charge >= 0.3 is 17.9 Å². The summed E-state index contributed by atoms with van der Waals surface area (Å²) in [6.07, 6.45) is -3.70. The third-order valence-electron chi connectivity index (χ3n) is 7.99. The van der Waals surface area contributed by atoms with Crippen LogP contribution < -0.4 is 37.6 Å². The summed E-state index contributed by atoms with van der Waals surface area (Å²) >= 11 is 0. The molecule has 12 N–H and O–H groups in total. The van der Waals surface area contributed by atoms with E-state index in [1.165, 1.54) is 6.92 Å². The van der Waals surface area contributed by atoms with Crippen LogP contribution in [0.4, 0.5) is 0 Å². The van der Waals surface area contributed by atoms with Crippen LogP contribution in [-0.2, 0) is 47.9 Å². The summed E-state index contributed by atoms with van der Waals surface area (Å²) in [5.74, 6) is -10.6. The molecule has 0 aliphatic rings. The van der Waals surface area contributed by atoms with Crippen molar-refractivity contribution < 1.29 is 68.4 Å². The minimum atomic E-state index is -1.78. The van der Waals surface area contributed by atoms with Crippen molar-refractivity contribution in [2.24, 2.45) is 23.5 Å². The summed E-state index contributed by atoms with van der Waals surface area (Å²) < 4.78 is 0. The van der Waals surface area contributed by atoms with Crippen molar-refractivity contribution in [1.29, 1.82) is 0 Å². The molecular formula is C35H59N7O14. The van der Waals surface area contributed by atoms with Gasteiger partial charge in [-0.25, -0.2) is 0 Å². The Morgan fingerprint density at radius 3 is 1.25 bits per heavy atom. The highest BCUT2D eigenvalue weighted by Gasteiger charge is 2.35. The first kappa shape index (κ1) is 50.8. The quantitative estimate of drug-likeness (QED) is 0.0391. The second-order valence-electron chi connectivity index (χ2n) is 14.8. The van der Waals surface area contributed by atoms with E-state index in [1.54, 1.807) is 41.5 Å². The predicted molar refractivity (Wildman–Crippen MR) is 197 cm³/mol. The van der Waals surface area contributed by atoms with Crippen LogP contribution >= 0.6 is 0 Å². The van der Waals surface area contributed by atoms with Crippen molar-refractivity contribution in [1.82, 2.24) is 31.9 Å². The Morgan fingerprint density at radius 1 is 0.518 bits per heavy atom. The number of carboxylic acid groups (broad SMARTS) is 3. The molecule has 0 aliphatic carbocycles. The van der Waals surface area contributed by atoms with Crippen LogP contribution in [0.1, 0.15) is 93.4 Å². The second kappa shape index (κ2) is 25.1. The molecule has 0 aromatic rings. The zero-order valence-corrected chi connectivity index (χ0v) is 32.8. The van der Waals surface area contributed by atoms with Gasteiger partial charge in [-0.15, -0.1) is 0 Å². The number of carbonyl (C=O) groups excluding carboxylic acids is 7. The van der Waals surface area contributed by atoms with Gasteiger partial charge in [0.25, 0.3) is 0 Å². The number of aldehydes is 1. The highest BCUT2D eigenvalue weighted by molar-refractivity contribution is 5.98. The van der Waals surface area contributed by atoms with E-state index in [1.807, 2.05) is 0 Å². The molecule has 0 aromatic heterocycles. The van der Waals surface area contributed by atoms with Gasteiger partial charge in [0.05, 0.1) is 31.0 Å². The summed E-state index contributed by atoms with van der Waals surface area (Å²) in [6.45, 7) is 11.5. The summed E-state index contributed by atoms with van der Waals surface area (Å²) in [5, 5.41) is 51.9. The monoisotopic (exact) mass is 801 g/mol. The number of carbonyl (C=O) groups is 10. The Balaban J connectivity index is 6.27. The van der Waals surface area contributed by atoms with E-state index in [4.69, 9.17) is 15.9 Å². The summed E-state index contributed by atoms with van der Waals surface area (Å²) in [4.78, 5) is 125. The van der Waals surface area contributed by atoms with E-state index in [-0.39, 0.29) is 49.7 Å². The Hall–Kier alpha value is -5.18. The molecule has 8 atom stereocenters. The van der Waals surface area contributed by atoms with Gasteiger partial charge in [0.15, 0.2) is 0 Å². The molecule has 0 fully saturated rings. The fourth-order valence-corrected chi connectivity index (χ4v) is 5.25. The molecule has 0 aromatic carbocycles. The first-order valence-electron chi connectivity index (χ1n) is 18.2. The van der Waals surface area contributed by atoms with Crippen molar-refractivity contribution in [3.63, 3.8) is 0 Å². The minimum absolute atomic E-state index is 0.00691. The van der Waals surface area contributed by atoms with Gasteiger partial charge in [-0.3, -0.25) is 43.2 Å². The normalized spacial score (nSPS) is 15.5. The smallest absolute Gasteiger partial charge is 0.305 e. The van der Waals surface area contributed by atoms with Crippen molar-refractivity contribution in [2.45, 2.75) is 142 Å². The summed E-state index contributed by atoms with van der Waals surface area (Å²) in [6, 6.07) is -10.2. The molecule has 0 bridgehead atoms. The van der Waals surface area contributed by atoms with E-state index in [0.29, 0.717) is 0 Å². The topological polar surface area (TPSA) is 350 Å². The number of aliphatic hydroxyl groups is 1. The van der Waals surface area contributed by atoms with E-state index in [0.717, 1.165) is 0 Å². The molecule has 0 saturated carbocycles. The molecule has 0 spiro atoms. The molecule has 21 heteroatoms.